The van der Waals surface area contributed by atoms with E-state index in [1.54, 1.807) is 42.5 Å². The third-order valence-corrected chi connectivity index (χ3v) is 5.69. The van der Waals surface area contributed by atoms with Crippen LogP contribution in [0.3, 0.4) is 0 Å². The van der Waals surface area contributed by atoms with Crippen molar-refractivity contribution in [1.29, 1.82) is 0 Å². The zero-order chi connectivity index (χ0) is 24.2. The van der Waals surface area contributed by atoms with Crippen molar-refractivity contribution in [3.8, 4) is 17.2 Å². The molecule has 0 aliphatic carbocycles. The van der Waals surface area contributed by atoms with E-state index in [1.807, 2.05) is 25.1 Å². The number of ether oxygens (including phenoxy) is 3. The van der Waals surface area contributed by atoms with Gasteiger partial charge < -0.3 is 29.1 Å². The molecule has 2 aliphatic rings. The lowest BCUT2D eigenvalue weighted by Gasteiger charge is -2.27. The summed E-state index contributed by atoms with van der Waals surface area (Å²) in [6.45, 7) is 5.69. The Morgan fingerprint density at radius 1 is 1.18 bits per heavy atom. The minimum absolute atomic E-state index is 0.0290. The molecule has 1 fully saturated rings. The van der Waals surface area contributed by atoms with Crippen LogP contribution < -0.4 is 14.2 Å². The maximum absolute atomic E-state index is 13.2. The number of hydrogen-bond donors (Lipinski definition) is 1. The maximum Gasteiger partial charge on any atom is 0.295 e. The molecule has 1 unspecified atom stereocenters. The van der Waals surface area contributed by atoms with Gasteiger partial charge >= 0.3 is 0 Å². The molecule has 0 bridgehead atoms. The van der Waals surface area contributed by atoms with Crippen LogP contribution in [0.4, 0.5) is 0 Å². The number of ketones is 1. The van der Waals surface area contributed by atoms with Gasteiger partial charge in [0.15, 0.2) is 11.5 Å². The first kappa shape index (κ1) is 23.4. The largest absolute Gasteiger partial charge is 0.507 e. The van der Waals surface area contributed by atoms with Crippen LogP contribution in [0.15, 0.2) is 60.7 Å². The summed E-state index contributed by atoms with van der Waals surface area (Å²) in [5.74, 6) is -0.0108. The Morgan fingerprint density at radius 2 is 1.94 bits per heavy atom. The Hall–Kier alpha value is -3.78. The number of carbonyl (C=O) groups is 2. The number of likely N-dealkylation sites (tertiary alicyclic amines) is 1. The Kier molecular flexibility index (Phi) is 6.88. The van der Waals surface area contributed by atoms with Gasteiger partial charge in [0.1, 0.15) is 31.3 Å². The van der Waals surface area contributed by atoms with Gasteiger partial charge in [0.05, 0.1) is 11.6 Å². The van der Waals surface area contributed by atoms with Gasteiger partial charge in [-0.3, -0.25) is 9.59 Å². The molecular weight excluding hydrogens is 436 g/mol. The fourth-order valence-electron chi connectivity index (χ4n) is 4.04. The van der Waals surface area contributed by atoms with E-state index < -0.39 is 17.7 Å². The molecule has 34 heavy (non-hydrogen) atoms. The highest BCUT2D eigenvalue weighted by atomic mass is 16.6. The van der Waals surface area contributed by atoms with Crippen LogP contribution >= 0.6 is 0 Å². The molecule has 2 heterocycles. The summed E-state index contributed by atoms with van der Waals surface area (Å²) in [5, 5.41) is 11.3. The van der Waals surface area contributed by atoms with Crippen molar-refractivity contribution < 1.29 is 28.9 Å². The minimum atomic E-state index is -0.763. The number of hydrogen-bond acceptors (Lipinski definition) is 7. The SMILES string of the molecule is C=CCOc1cccc(C2/C(=C(/O)c3ccc4c(c3)OCCO4)C(=O)C(=O)N2CCN(C)C)c1. The van der Waals surface area contributed by atoms with Crippen molar-refractivity contribution >= 4 is 17.4 Å². The van der Waals surface area contributed by atoms with E-state index in [0.717, 1.165) is 0 Å². The van der Waals surface area contributed by atoms with Gasteiger partial charge in [-0.25, -0.2) is 0 Å². The van der Waals surface area contributed by atoms with E-state index in [9.17, 15) is 14.7 Å². The van der Waals surface area contributed by atoms with E-state index in [0.29, 0.717) is 61.3 Å². The molecule has 0 saturated carbocycles. The van der Waals surface area contributed by atoms with Crippen LogP contribution in [-0.4, -0.2) is 73.6 Å². The van der Waals surface area contributed by atoms with Crippen molar-refractivity contribution in [1.82, 2.24) is 9.80 Å². The number of carbonyl (C=O) groups excluding carboxylic acids is 2. The number of nitrogens with zero attached hydrogens (tertiary/aromatic N) is 2. The van der Waals surface area contributed by atoms with Crippen LogP contribution in [0.25, 0.3) is 5.76 Å². The quantitative estimate of drug-likeness (QED) is 0.278. The lowest BCUT2D eigenvalue weighted by molar-refractivity contribution is -0.140. The van der Waals surface area contributed by atoms with Crippen molar-refractivity contribution in [3.05, 3.63) is 71.8 Å². The van der Waals surface area contributed by atoms with E-state index in [-0.39, 0.29) is 11.3 Å². The Bertz CT molecular complexity index is 1140. The number of Topliss-reactive ketones (excluding diaryl/α,β-unsaturated/α-hetero) is 1. The molecule has 0 spiro atoms. The monoisotopic (exact) mass is 464 g/mol. The van der Waals surface area contributed by atoms with E-state index >= 15 is 0 Å². The topological polar surface area (TPSA) is 88.5 Å². The Balaban J connectivity index is 1.81. The molecular formula is C26H28N2O6. The molecule has 0 radical (unpaired) electrons. The van der Waals surface area contributed by atoms with Crippen molar-refractivity contribution in [2.75, 3.05) is 47.0 Å². The minimum Gasteiger partial charge on any atom is -0.507 e. The van der Waals surface area contributed by atoms with Gasteiger partial charge in [-0.2, -0.15) is 0 Å². The normalized spacial score (nSPS) is 18.9. The first-order valence-corrected chi connectivity index (χ1v) is 11.1. The van der Waals surface area contributed by atoms with Gasteiger partial charge in [0.2, 0.25) is 0 Å². The van der Waals surface area contributed by atoms with E-state index in [2.05, 4.69) is 6.58 Å². The second-order valence-corrected chi connectivity index (χ2v) is 8.33. The highest BCUT2D eigenvalue weighted by molar-refractivity contribution is 6.46. The average molecular weight is 465 g/mol. The predicted octanol–water partition coefficient (Wildman–Crippen LogP) is 3.01. The molecule has 1 N–H and O–H groups in total. The summed E-state index contributed by atoms with van der Waals surface area (Å²) in [6.07, 6.45) is 1.64. The highest BCUT2D eigenvalue weighted by Gasteiger charge is 2.46. The highest BCUT2D eigenvalue weighted by Crippen LogP contribution is 2.41. The number of amides is 1. The molecule has 1 atom stereocenters. The third-order valence-electron chi connectivity index (χ3n) is 5.69. The van der Waals surface area contributed by atoms with Crippen LogP contribution in [0.2, 0.25) is 0 Å². The van der Waals surface area contributed by atoms with Crippen LogP contribution in [0.1, 0.15) is 17.2 Å². The lowest BCUT2D eigenvalue weighted by atomic mass is 9.95. The Labute approximate surface area is 198 Å². The molecule has 2 aromatic carbocycles. The van der Waals surface area contributed by atoms with Crippen molar-refractivity contribution in [3.63, 3.8) is 0 Å². The molecule has 8 heteroatoms. The summed E-state index contributed by atoms with van der Waals surface area (Å²) in [6, 6.07) is 11.4. The molecule has 2 aliphatic heterocycles. The van der Waals surface area contributed by atoms with Crippen LogP contribution in [0, 0.1) is 0 Å². The molecule has 8 nitrogen and oxygen atoms in total. The smallest absolute Gasteiger partial charge is 0.295 e. The molecule has 178 valence electrons. The molecule has 1 amide bonds. The standard InChI is InChI=1S/C26H28N2O6/c1-4-12-32-19-7-5-6-17(15-19)23-22(25(30)26(31)28(23)11-10-27(2)3)24(29)18-8-9-20-21(16-18)34-14-13-33-20/h4-9,15-16,23,29H,1,10-14H2,2-3H3/b24-22-. The van der Waals surface area contributed by atoms with Crippen molar-refractivity contribution in [2.24, 2.45) is 0 Å². The zero-order valence-corrected chi connectivity index (χ0v) is 19.3. The van der Waals surface area contributed by atoms with E-state index in [4.69, 9.17) is 14.2 Å². The lowest BCUT2D eigenvalue weighted by Crippen LogP contribution is -2.35. The summed E-state index contributed by atoms with van der Waals surface area (Å²) < 4.78 is 16.8. The molecule has 4 rings (SSSR count). The number of aliphatic hydroxyl groups is 1. The summed E-state index contributed by atoms with van der Waals surface area (Å²) in [4.78, 5) is 29.7. The van der Waals surface area contributed by atoms with Crippen LogP contribution in [0.5, 0.6) is 17.2 Å². The number of fused-ring (bicyclic) bond motifs is 1. The molecule has 1 saturated heterocycles. The van der Waals surface area contributed by atoms with Gasteiger partial charge in [0, 0.05) is 18.7 Å². The fraction of sp³-hybridized carbons (Fsp3) is 0.308. The number of aliphatic hydroxyl groups excluding tert-OH is 1. The maximum atomic E-state index is 13.2. The summed E-state index contributed by atoms with van der Waals surface area (Å²) in [5.41, 5.74) is 1.07. The van der Waals surface area contributed by atoms with Crippen LogP contribution in [-0.2, 0) is 9.59 Å². The first-order chi connectivity index (χ1) is 16.4. The van der Waals surface area contributed by atoms with Gasteiger partial charge in [-0.05, 0) is 50.0 Å². The summed E-state index contributed by atoms with van der Waals surface area (Å²) >= 11 is 0. The average Bonchev–Trinajstić information content (AvgIpc) is 3.10. The van der Waals surface area contributed by atoms with Gasteiger partial charge in [-0.1, -0.05) is 24.8 Å². The Morgan fingerprint density at radius 3 is 2.68 bits per heavy atom. The fourth-order valence-corrected chi connectivity index (χ4v) is 4.04. The second kappa shape index (κ2) is 10.0. The zero-order valence-electron chi connectivity index (χ0n) is 19.3. The number of benzene rings is 2. The predicted molar refractivity (Wildman–Crippen MR) is 127 cm³/mol. The molecule has 2 aromatic rings. The molecule has 0 aromatic heterocycles. The second-order valence-electron chi connectivity index (χ2n) is 8.33. The van der Waals surface area contributed by atoms with Gasteiger partial charge in [-0.15, -0.1) is 0 Å². The number of rotatable bonds is 8. The number of likely N-dealkylation sites (N-methyl/N-ethyl adjacent to an activating group) is 1. The van der Waals surface area contributed by atoms with Gasteiger partial charge in [0.25, 0.3) is 11.7 Å². The third kappa shape index (κ3) is 4.63. The summed E-state index contributed by atoms with van der Waals surface area (Å²) in [7, 11) is 3.79. The van der Waals surface area contributed by atoms with Crippen molar-refractivity contribution in [2.45, 2.75) is 6.04 Å². The first-order valence-electron chi connectivity index (χ1n) is 11.1. The van der Waals surface area contributed by atoms with E-state index in [1.165, 1.54) is 4.90 Å².